The number of amides is 2. The van der Waals surface area contributed by atoms with Crippen LogP contribution in [-0.4, -0.2) is 22.8 Å². The van der Waals surface area contributed by atoms with Crippen LogP contribution in [0.1, 0.15) is 12.0 Å². The van der Waals surface area contributed by atoms with Gasteiger partial charge in [-0.15, -0.1) is 11.8 Å². The summed E-state index contributed by atoms with van der Waals surface area (Å²) < 4.78 is 13.1. The third kappa shape index (κ3) is 4.52. The molecule has 2 aromatic carbocycles. The van der Waals surface area contributed by atoms with Gasteiger partial charge in [-0.2, -0.15) is 0 Å². The van der Waals surface area contributed by atoms with Crippen molar-refractivity contribution in [1.82, 2.24) is 0 Å². The Morgan fingerprint density at radius 3 is 2.92 bits per heavy atom. The van der Waals surface area contributed by atoms with Crippen LogP contribution in [0.4, 0.5) is 15.8 Å². The van der Waals surface area contributed by atoms with E-state index in [1.54, 1.807) is 0 Å². The lowest BCUT2D eigenvalue weighted by Gasteiger charge is -2.13. The van der Waals surface area contributed by atoms with E-state index in [2.05, 4.69) is 10.6 Å². The molecule has 0 unspecified atom stereocenters. The molecule has 2 N–H and O–H groups in total. The lowest BCUT2D eigenvalue weighted by atomic mass is 10.1. The summed E-state index contributed by atoms with van der Waals surface area (Å²) in [4.78, 5) is 24.4. The van der Waals surface area contributed by atoms with Gasteiger partial charge in [0.2, 0.25) is 11.8 Å². The average Bonchev–Trinajstić information content (AvgIpc) is 2.75. The van der Waals surface area contributed by atoms with Crippen LogP contribution in [0.2, 0.25) is 5.02 Å². The van der Waals surface area contributed by atoms with Crippen molar-refractivity contribution in [2.75, 3.05) is 16.4 Å². The van der Waals surface area contributed by atoms with Gasteiger partial charge in [0.05, 0.1) is 16.0 Å². The molecule has 0 aliphatic carbocycles. The number of carbonyl (C=O) groups is 2. The molecule has 0 saturated heterocycles. The van der Waals surface area contributed by atoms with Gasteiger partial charge in [-0.25, -0.2) is 4.39 Å². The Morgan fingerprint density at radius 2 is 2.12 bits per heavy atom. The highest BCUT2D eigenvalue weighted by atomic mass is 35.5. The zero-order valence-electron chi connectivity index (χ0n) is 13.2. The number of hydrogen-bond donors (Lipinski definition) is 2. The Morgan fingerprint density at radius 1 is 1.32 bits per heavy atom. The monoisotopic (exact) mass is 378 g/mol. The fourth-order valence-corrected chi connectivity index (χ4v) is 3.70. The number of carbonyl (C=O) groups excluding carboxylic acids is 2. The van der Waals surface area contributed by atoms with Gasteiger partial charge in [0.25, 0.3) is 0 Å². The minimum Gasteiger partial charge on any atom is -0.325 e. The summed E-state index contributed by atoms with van der Waals surface area (Å²) in [5.74, 6) is -0.762. The number of rotatable bonds is 4. The van der Waals surface area contributed by atoms with Crippen LogP contribution >= 0.6 is 23.4 Å². The molecule has 0 fully saturated rings. The van der Waals surface area contributed by atoms with Crippen molar-refractivity contribution in [2.45, 2.75) is 18.1 Å². The van der Waals surface area contributed by atoms with Crippen molar-refractivity contribution in [2.24, 2.45) is 0 Å². The zero-order chi connectivity index (χ0) is 17.8. The molecule has 0 radical (unpaired) electrons. The number of anilines is 2. The molecular weight excluding hydrogens is 363 g/mol. The number of hydrogen-bond acceptors (Lipinski definition) is 3. The number of para-hydroxylation sites is 1. The lowest BCUT2D eigenvalue weighted by molar-refractivity contribution is -0.115. The van der Waals surface area contributed by atoms with Gasteiger partial charge in [-0.1, -0.05) is 29.8 Å². The van der Waals surface area contributed by atoms with E-state index >= 15 is 0 Å². The molecule has 2 amide bonds. The second-order valence-electron chi connectivity index (χ2n) is 5.66. The minimum atomic E-state index is -0.538. The predicted octanol–water partition coefficient (Wildman–Crippen LogP) is 4.10. The van der Waals surface area contributed by atoms with Gasteiger partial charge in [0.15, 0.2) is 0 Å². The van der Waals surface area contributed by atoms with Crippen LogP contribution in [0.3, 0.4) is 0 Å². The van der Waals surface area contributed by atoms with Gasteiger partial charge < -0.3 is 10.6 Å². The highest BCUT2D eigenvalue weighted by Gasteiger charge is 2.24. The van der Waals surface area contributed by atoms with Gasteiger partial charge in [0.1, 0.15) is 5.82 Å². The second-order valence-corrected chi connectivity index (χ2v) is 7.26. The molecule has 0 spiro atoms. The fourth-order valence-electron chi connectivity index (χ4n) is 2.60. The molecule has 1 aliphatic heterocycles. The van der Waals surface area contributed by atoms with E-state index in [0.717, 1.165) is 17.7 Å². The number of fused-ring (bicyclic) bond motifs is 1. The first-order chi connectivity index (χ1) is 12.0. The van der Waals surface area contributed by atoms with Gasteiger partial charge in [-0.05, 0) is 42.7 Å². The summed E-state index contributed by atoms with van der Waals surface area (Å²) >= 11 is 6.99. The number of aryl methyl sites for hydroxylation is 1. The normalized spacial score (nSPS) is 16.6. The minimum absolute atomic E-state index is 0.0497. The quantitative estimate of drug-likeness (QED) is 0.841. The lowest BCUT2D eigenvalue weighted by Crippen LogP contribution is -2.26. The molecule has 25 heavy (non-hydrogen) atoms. The Kier molecular flexibility index (Phi) is 5.60. The van der Waals surface area contributed by atoms with Crippen LogP contribution < -0.4 is 10.6 Å². The summed E-state index contributed by atoms with van der Waals surface area (Å²) in [6.45, 7) is 0. The van der Waals surface area contributed by atoms with E-state index in [1.165, 1.54) is 30.0 Å². The Hall–Kier alpha value is -2.05. The maximum atomic E-state index is 13.1. The maximum Gasteiger partial charge on any atom is 0.237 e. The van der Waals surface area contributed by atoms with Crippen LogP contribution in [0.25, 0.3) is 0 Å². The van der Waals surface area contributed by atoms with Crippen molar-refractivity contribution < 1.29 is 14.0 Å². The molecule has 1 atom stereocenters. The van der Waals surface area contributed by atoms with Crippen molar-refractivity contribution in [1.29, 1.82) is 0 Å². The number of thioether (sulfide) groups is 1. The SMILES string of the molecule is O=C(CS[C@@H]1CCc2ccccc2NC1=O)Nc1ccc(F)c(Cl)c1. The second kappa shape index (κ2) is 7.89. The molecule has 4 nitrogen and oxygen atoms in total. The van der Waals surface area contributed by atoms with E-state index in [1.807, 2.05) is 24.3 Å². The average molecular weight is 379 g/mol. The fraction of sp³-hybridized carbons (Fsp3) is 0.222. The molecular formula is C18H16ClFN2O2S. The van der Waals surface area contributed by atoms with Crippen LogP contribution in [0.5, 0.6) is 0 Å². The van der Waals surface area contributed by atoms with Crippen molar-refractivity contribution in [3.8, 4) is 0 Å². The third-order valence-electron chi connectivity index (χ3n) is 3.86. The van der Waals surface area contributed by atoms with Gasteiger partial charge in [0, 0.05) is 11.4 Å². The first-order valence-electron chi connectivity index (χ1n) is 7.78. The molecule has 7 heteroatoms. The van der Waals surface area contributed by atoms with Crippen molar-refractivity contribution in [3.63, 3.8) is 0 Å². The van der Waals surface area contributed by atoms with Crippen molar-refractivity contribution >= 4 is 46.6 Å². The molecule has 2 aromatic rings. The zero-order valence-corrected chi connectivity index (χ0v) is 14.8. The predicted molar refractivity (Wildman–Crippen MR) is 99.7 cm³/mol. The first kappa shape index (κ1) is 17.8. The summed E-state index contributed by atoms with van der Waals surface area (Å²) in [5, 5.41) is 5.22. The number of nitrogens with one attached hydrogen (secondary N) is 2. The number of benzene rings is 2. The third-order valence-corrected chi connectivity index (χ3v) is 5.43. The van der Waals surface area contributed by atoms with E-state index < -0.39 is 5.82 Å². The summed E-state index contributed by atoms with van der Waals surface area (Å²) in [6, 6.07) is 11.7. The Labute approximate surface area is 154 Å². The molecule has 1 aliphatic rings. The highest BCUT2D eigenvalue weighted by Crippen LogP contribution is 2.27. The van der Waals surface area contributed by atoms with Gasteiger partial charge in [-0.3, -0.25) is 9.59 Å². The van der Waals surface area contributed by atoms with E-state index in [-0.39, 0.29) is 27.8 Å². The molecule has 3 rings (SSSR count). The smallest absolute Gasteiger partial charge is 0.237 e. The molecule has 1 heterocycles. The largest absolute Gasteiger partial charge is 0.325 e. The van der Waals surface area contributed by atoms with Gasteiger partial charge >= 0.3 is 0 Å². The van der Waals surface area contributed by atoms with E-state index in [4.69, 9.17) is 11.6 Å². The van der Waals surface area contributed by atoms with Crippen LogP contribution in [-0.2, 0) is 16.0 Å². The summed E-state index contributed by atoms with van der Waals surface area (Å²) in [5.41, 5.74) is 2.36. The van der Waals surface area contributed by atoms with E-state index in [9.17, 15) is 14.0 Å². The Bertz CT molecular complexity index is 815. The molecule has 0 saturated carbocycles. The summed E-state index contributed by atoms with van der Waals surface area (Å²) in [7, 11) is 0. The summed E-state index contributed by atoms with van der Waals surface area (Å²) in [6.07, 6.45) is 1.45. The first-order valence-corrected chi connectivity index (χ1v) is 9.21. The topological polar surface area (TPSA) is 58.2 Å². The van der Waals surface area contributed by atoms with Crippen LogP contribution in [0.15, 0.2) is 42.5 Å². The van der Waals surface area contributed by atoms with E-state index in [0.29, 0.717) is 12.1 Å². The Balaban J connectivity index is 1.55. The van der Waals surface area contributed by atoms with Crippen LogP contribution in [0, 0.1) is 5.82 Å². The maximum absolute atomic E-state index is 13.1. The molecule has 0 aromatic heterocycles. The molecule has 130 valence electrons. The highest BCUT2D eigenvalue weighted by molar-refractivity contribution is 8.01. The number of halogens is 2. The molecule has 0 bridgehead atoms. The van der Waals surface area contributed by atoms with Crippen molar-refractivity contribution in [3.05, 3.63) is 58.9 Å². The standard InChI is InChI=1S/C18H16ClFN2O2S/c19-13-9-12(6-7-14(13)20)21-17(23)10-25-16-8-5-11-3-1-2-4-15(11)22-18(16)24/h1-4,6-7,9,16H,5,8,10H2,(H,21,23)(H,22,24)/t16-/m1/s1.